The Kier molecular flexibility index (Phi) is 8.64. The Hall–Kier alpha value is -2.71. The van der Waals surface area contributed by atoms with Crippen molar-refractivity contribution in [2.24, 2.45) is 4.99 Å². The molecule has 0 bridgehead atoms. The lowest BCUT2D eigenvalue weighted by Crippen LogP contribution is -2.54. The van der Waals surface area contributed by atoms with E-state index in [9.17, 15) is 9.59 Å². The largest absolute Gasteiger partial charge is 0.459 e. The lowest BCUT2D eigenvalue weighted by atomic mass is 10.2. The van der Waals surface area contributed by atoms with Crippen LogP contribution >= 0.6 is 0 Å². The normalized spacial score (nSPS) is 14.8. The third-order valence-electron chi connectivity index (χ3n) is 4.39. The van der Waals surface area contributed by atoms with Gasteiger partial charge in [-0.25, -0.2) is 4.79 Å². The van der Waals surface area contributed by atoms with Crippen molar-refractivity contribution in [2.45, 2.75) is 27.2 Å². The van der Waals surface area contributed by atoms with Crippen molar-refractivity contribution >= 4 is 18.0 Å². The molecule has 9 heteroatoms. The molecule has 1 fully saturated rings. The van der Waals surface area contributed by atoms with Crippen molar-refractivity contribution in [3.05, 3.63) is 23.7 Å². The maximum absolute atomic E-state index is 12.0. The molecule has 1 aliphatic rings. The molecular weight excluding hydrogens is 362 g/mol. The first-order chi connectivity index (χ1) is 13.6. The number of rotatable bonds is 7. The van der Waals surface area contributed by atoms with E-state index in [2.05, 4.69) is 20.5 Å². The Bertz CT molecular complexity index is 665. The van der Waals surface area contributed by atoms with E-state index < -0.39 is 0 Å². The Labute approximate surface area is 166 Å². The summed E-state index contributed by atoms with van der Waals surface area (Å²) in [6.07, 6.45) is 1.98. The lowest BCUT2D eigenvalue weighted by Gasteiger charge is -2.35. The van der Waals surface area contributed by atoms with Gasteiger partial charge in [-0.1, -0.05) is 0 Å². The Morgan fingerprint density at radius 1 is 1.18 bits per heavy atom. The molecule has 2 amide bonds. The minimum atomic E-state index is -0.258. The molecule has 0 atom stereocenters. The van der Waals surface area contributed by atoms with Crippen LogP contribution in [0.4, 0.5) is 4.79 Å². The number of aliphatic imine (C=N–C) groups is 1. The smallest absolute Gasteiger partial charge is 0.409 e. The summed E-state index contributed by atoms with van der Waals surface area (Å²) < 4.78 is 10.2. The molecule has 2 heterocycles. The Morgan fingerprint density at radius 3 is 2.50 bits per heavy atom. The van der Waals surface area contributed by atoms with E-state index in [-0.39, 0.29) is 12.0 Å². The highest BCUT2D eigenvalue weighted by Gasteiger charge is 2.23. The van der Waals surface area contributed by atoms with Crippen molar-refractivity contribution in [2.75, 3.05) is 52.4 Å². The van der Waals surface area contributed by atoms with Crippen molar-refractivity contribution < 1.29 is 18.7 Å². The van der Waals surface area contributed by atoms with Crippen LogP contribution in [0.2, 0.25) is 0 Å². The van der Waals surface area contributed by atoms with Gasteiger partial charge in [0.1, 0.15) is 0 Å². The van der Waals surface area contributed by atoms with Crippen LogP contribution in [-0.2, 0) is 4.74 Å². The predicted molar refractivity (Wildman–Crippen MR) is 107 cm³/mol. The first-order valence-electron chi connectivity index (χ1n) is 9.84. The predicted octanol–water partition coefficient (Wildman–Crippen LogP) is 1.45. The van der Waals surface area contributed by atoms with Crippen LogP contribution in [0, 0.1) is 6.92 Å². The second kappa shape index (κ2) is 11.2. The fourth-order valence-corrected chi connectivity index (χ4v) is 2.89. The highest BCUT2D eigenvalue weighted by atomic mass is 16.6. The third-order valence-corrected chi connectivity index (χ3v) is 4.39. The summed E-state index contributed by atoms with van der Waals surface area (Å²) in [7, 11) is 0. The van der Waals surface area contributed by atoms with Gasteiger partial charge in [-0.3, -0.25) is 9.79 Å². The van der Waals surface area contributed by atoms with Gasteiger partial charge in [0, 0.05) is 51.4 Å². The van der Waals surface area contributed by atoms with E-state index in [1.165, 1.54) is 6.26 Å². The molecule has 0 aromatic carbocycles. The molecule has 1 aliphatic heterocycles. The number of carbonyl (C=O) groups excluding carboxylic acids is 2. The van der Waals surface area contributed by atoms with E-state index in [1.807, 2.05) is 20.8 Å². The summed E-state index contributed by atoms with van der Waals surface area (Å²) in [5.41, 5.74) is 0.826. The van der Waals surface area contributed by atoms with E-state index in [4.69, 9.17) is 9.15 Å². The fourth-order valence-electron chi connectivity index (χ4n) is 2.89. The number of nitrogens with one attached hydrogen (secondary N) is 2. The molecule has 2 N–H and O–H groups in total. The molecule has 1 aromatic rings. The van der Waals surface area contributed by atoms with Gasteiger partial charge in [0.05, 0.1) is 12.9 Å². The number of furan rings is 1. The number of ether oxygens (including phenoxy) is 1. The summed E-state index contributed by atoms with van der Waals surface area (Å²) >= 11 is 0. The fraction of sp³-hybridized carbons (Fsp3) is 0.632. The minimum Gasteiger partial charge on any atom is -0.459 e. The molecule has 0 aliphatic carbocycles. The number of carbonyl (C=O) groups is 2. The highest BCUT2D eigenvalue weighted by Crippen LogP contribution is 2.08. The monoisotopic (exact) mass is 393 g/mol. The summed E-state index contributed by atoms with van der Waals surface area (Å²) in [5, 5.41) is 6.14. The molecule has 0 radical (unpaired) electrons. The number of hydrogen-bond acceptors (Lipinski definition) is 5. The summed E-state index contributed by atoms with van der Waals surface area (Å²) in [5.74, 6) is 0.990. The Balaban J connectivity index is 1.75. The van der Waals surface area contributed by atoms with Gasteiger partial charge in [-0.15, -0.1) is 0 Å². The summed E-state index contributed by atoms with van der Waals surface area (Å²) in [4.78, 5) is 32.3. The number of guanidine groups is 1. The first-order valence-corrected chi connectivity index (χ1v) is 9.84. The Morgan fingerprint density at radius 2 is 1.89 bits per heavy atom. The molecule has 2 rings (SSSR count). The minimum absolute atomic E-state index is 0.200. The SMILES string of the molecule is CCNC(=NCCCNC(=O)c1occc1C)N1CCN(C(=O)OCC)CC1. The van der Waals surface area contributed by atoms with Crippen LogP contribution in [0.25, 0.3) is 0 Å². The molecule has 156 valence electrons. The number of aryl methyl sites for hydroxylation is 1. The van der Waals surface area contributed by atoms with Crippen LogP contribution in [0.3, 0.4) is 0 Å². The third kappa shape index (κ3) is 6.17. The number of hydrogen-bond donors (Lipinski definition) is 2. The zero-order chi connectivity index (χ0) is 20.4. The average molecular weight is 393 g/mol. The zero-order valence-corrected chi connectivity index (χ0v) is 17.0. The molecule has 1 aromatic heterocycles. The van der Waals surface area contributed by atoms with Gasteiger partial charge in [-0.05, 0) is 33.3 Å². The molecule has 0 saturated carbocycles. The van der Waals surface area contributed by atoms with Crippen molar-refractivity contribution in [3.63, 3.8) is 0 Å². The zero-order valence-electron chi connectivity index (χ0n) is 17.0. The van der Waals surface area contributed by atoms with E-state index in [1.54, 1.807) is 11.0 Å². The molecule has 9 nitrogen and oxygen atoms in total. The maximum Gasteiger partial charge on any atom is 0.409 e. The standard InChI is InChI=1S/C19H31N5O4/c1-4-20-18(23-10-12-24(13-11-23)19(26)27-5-2)22-9-6-8-21-17(25)16-15(3)7-14-28-16/h7,14H,4-6,8-13H2,1-3H3,(H,20,22)(H,21,25). The molecular formula is C19H31N5O4. The van der Waals surface area contributed by atoms with Crippen LogP contribution in [0.15, 0.2) is 21.7 Å². The van der Waals surface area contributed by atoms with Gasteiger partial charge < -0.3 is 29.6 Å². The van der Waals surface area contributed by atoms with Gasteiger partial charge in [0.15, 0.2) is 11.7 Å². The van der Waals surface area contributed by atoms with Crippen molar-refractivity contribution in [1.29, 1.82) is 0 Å². The summed E-state index contributed by atoms with van der Waals surface area (Å²) in [6.45, 7) is 10.6. The second-order valence-corrected chi connectivity index (χ2v) is 6.45. The van der Waals surface area contributed by atoms with Crippen LogP contribution in [0.1, 0.15) is 36.4 Å². The molecule has 28 heavy (non-hydrogen) atoms. The van der Waals surface area contributed by atoms with E-state index >= 15 is 0 Å². The summed E-state index contributed by atoms with van der Waals surface area (Å²) in [6, 6.07) is 1.77. The van der Waals surface area contributed by atoms with Crippen LogP contribution in [0.5, 0.6) is 0 Å². The maximum atomic E-state index is 12.0. The van der Waals surface area contributed by atoms with Gasteiger partial charge in [0.2, 0.25) is 0 Å². The van der Waals surface area contributed by atoms with E-state index in [0.717, 1.165) is 24.5 Å². The average Bonchev–Trinajstić information content (AvgIpc) is 3.13. The van der Waals surface area contributed by atoms with Gasteiger partial charge >= 0.3 is 6.09 Å². The number of piperazine rings is 1. The van der Waals surface area contributed by atoms with Gasteiger partial charge in [0.25, 0.3) is 5.91 Å². The first kappa shape index (κ1) is 21.6. The molecule has 0 spiro atoms. The van der Waals surface area contributed by atoms with Crippen molar-refractivity contribution in [1.82, 2.24) is 20.4 Å². The topological polar surface area (TPSA) is 99.4 Å². The highest BCUT2D eigenvalue weighted by molar-refractivity contribution is 5.92. The second-order valence-electron chi connectivity index (χ2n) is 6.45. The van der Waals surface area contributed by atoms with Crippen LogP contribution in [-0.4, -0.2) is 80.2 Å². The number of amides is 2. The molecule has 0 unspecified atom stereocenters. The number of nitrogens with zero attached hydrogens (tertiary/aromatic N) is 3. The van der Waals surface area contributed by atoms with Gasteiger partial charge in [-0.2, -0.15) is 0 Å². The lowest BCUT2D eigenvalue weighted by molar-refractivity contribution is 0.0910. The quantitative estimate of drug-likeness (QED) is 0.413. The van der Waals surface area contributed by atoms with E-state index in [0.29, 0.717) is 51.6 Å². The molecule has 1 saturated heterocycles. The van der Waals surface area contributed by atoms with Crippen LogP contribution < -0.4 is 10.6 Å². The van der Waals surface area contributed by atoms with Crippen molar-refractivity contribution in [3.8, 4) is 0 Å².